The summed E-state index contributed by atoms with van der Waals surface area (Å²) in [5.74, 6) is 0. The molecule has 1 aliphatic rings. The summed E-state index contributed by atoms with van der Waals surface area (Å²) >= 11 is 3.49. The zero-order valence-corrected chi connectivity index (χ0v) is 13.4. The van der Waals surface area contributed by atoms with E-state index in [4.69, 9.17) is 0 Å². The third kappa shape index (κ3) is 3.13. The van der Waals surface area contributed by atoms with Crippen LogP contribution in [0.3, 0.4) is 0 Å². The fourth-order valence-corrected chi connectivity index (χ4v) is 3.31. The Morgan fingerprint density at radius 1 is 1.05 bits per heavy atom. The first-order valence-electron chi connectivity index (χ1n) is 7.30. The maximum atomic E-state index is 3.78. The van der Waals surface area contributed by atoms with Crippen LogP contribution in [-0.4, -0.2) is 6.04 Å². The van der Waals surface area contributed by atoms with E-state index < -0.39 is 0 Å². The van der Waals surface area contributed by atoms with Crippen molar-refractivity contribution in [3.8, 4) is 0 Å². The summed E-state index contributed by atoms with van der Waals surface area (Å²) < 4.78 is 1.14. The number of rotatable bonds is 3. The molecule has 2 heteroatoms. The summed E-state index contributed by atoms with van der Waals surface area (Å²) in [5.41, 5.74) is 4.40. The van der Waals surface area contributed by atoms with Crippen LogP contribution in [0.2, 0.25) is 0 Å². The molecule has 0 spiro atoms. The van der Waals surface area contributed by atoms with E-state index >= 15 is 0 Å². The lowest BCUT2D eigenvalue weighted by Gasteiger charge is -2.28. The fourth-order valence-electron chi connectivity index (χ4n) is 3.04. The maximum Gasteiger partial charge on any atom is 0.0294 e. The Labute approximate surface area is 129 Å². The smallest absolute Gasteiger partial charge is 0.0294 e. The zero-order chi connectivity index (χ0) is 13.9. The summed E-state index contributed by atoms with van der Waals surface area (Å²) in [6, 6.07) is 18.4. The second-order valence-electron chi connectivity index (χ2n) is 5.65. The number of hydrogen-bond acceptors (Lipinski definition) is 1. The van der Waals surface area contributed by atoms with Crippen LogP contribution in [0.1, 0.15) is 36.1 Å². The number of halogens is 1. The number of hydrogen-bond donors (Lipinski definition) is 1. The zero-order valence-electron chi connectivity index (χ0n) is 11.8. The van der Waals surface area contributed by atoms with Gasteiger partial charge in [-0.1, -0.05) is 52.3 Å². The van der Waals surface area contributed by atoms with Crippen LogP contribution in [0.4, 0.5) is 0 Å². The van der Waals surface area contributed by atoms with Crippen LogP contribution in [0.15, 0.2) is 53.0 Å². The largest absolute Gasteiger partial charge is 0.307 e. The lowest BCUT2D eigenvalue weighted by molar-refractivity contribution is 0.414. The van der Waals surface area contributed by atoms with Gasteiger partial charge in [0, 0.05) is 16.6 Å². The molecule has 20 heavy (non-hydrogen) atoms. The van der Waals surface area contributed by atoms with Gasteiger partial charge in [0.1, 0.15) is 0 Å². The molecule has 1 N–H and O–H groups in total. The van der Waals surface area contributed by atoms with E-state index in [1.807, 2.05) is 0 Å². The Hall–Kier alpha value is -1.12. The van der Waals surface area contributed by atoms with E-state index in [1.54, 1.807) is 0 Å². The minimum atomic E-state index is 0.401. The van der Waals surface area contributed by atoms with Crippen LogP contribution in [0, 0.1) is 0 Å². The fraction of sp³-hybridized carbons (Fsp3) is 0.333. The molecule has 0 aliphatic heterocycles. The van der Waals surface area contributed by atoms with Crippen LogP contribution in [0.5, 0.6) is 0 Å². The number of nitrogens with one attached hydrogen (secondary N) is 1. The molecule has 0 saturated heterocycles. The first-order chi connectivity index (χ1) is 9.72. The van der Waals surface area contributed by atoms with Crippen molar-refractivity contribution >= 4 is 15.9 Å². The molecule has 1 nitrogen and oxygen atoms in total. The van der Waals surface area contributed by atoms with E-state index in [1.165, 1.54) is 29.5 Å². The first kappa shape index (κ1) is 13.8. The van der Waals surface area contributed by atoms with Gasteiger partial charge in [0.05, 0.1) is 0 Å². The lowest BCUT2D eigenvalue weighted by Crippen LogP contribution is -2.36. The van der Waals surface area contributed by atoms with Crippen molar-refractivity contribution in [3.63, 3.8) is 0 Å². The molecule has 0 heterocycles. The predicted molar refractivity (Wildman–Crippen MR) is 87.9 cm³/mol. The summed E-state index contributed by atoms with van der Waals surface area (Å²) in [4.78, 5) is 0. The number of benzene rings is 2. The SMILES string of the molecule is CC(NC1CCc2ccccc2C1)c1ccc(Br)cc1. The van der Waals surface area contributed by atoms with E-state index in [2.05, 4.69) is 76.7 Å². The minimum Gasteiger partial charge on any atom is -0.307 e. The van der Waals surface area contributed by atoms with Crippen LogP contribution < -0.4 is 5.32 Å². The van der Waals surface area contributed by atoms with Crippen molar-refractivity contribution in [2.75, 3.05) is 0 Å². The average molecular weight is 330 g/mol. The van der Waals surface area contributed by atoms with Crippen LogP contribution in [0.25, 0.3) is 0 Å². The molecular formula is C18H20BrN. The normalized spacial score (nSPS) is 19.4. The van der Waals surface area contributed by atoms with Crippen LogP contribution in [-0.2, 0) is 12.8 Å². The number of fused-ring (bicyclic) bond motifs is 1. The van der Waals surface area contributed by atoms with Gasteiger partial charge >= 0.3 is 0 Å². The van der Waals surface area contributed by atoms with Gasteiger partial charge in [0.15, 0.2) is 0 Å². The van der Waals surface area contributed by atoms with Crippen molar-refractivity contribution in [2.45, 2.75) is 38.3 Å². The van der Waals surface area contributed by atoms with Gasteiger partial charge < -0.3 is 5.32 Å². The maximum absolute atomic E-state index is 3.78. The molecule has 2 aromatic carbocycles. The second-order valence-corrected chi connectivity index (χ2v) is 6.56. The van der Waals surface area contributed by atoms with Crippen molar-refractivity contribution in [3.05, 3.63) is 69.7 Å². The predicted octanol–water partition coefficient (Wildman–Crippen LogP) is 4.66. The Balaban J connectivity index is 1.66. The van der Waals surface area contributed by atoms with Crippen molar-refractivity contribution in [1.29, 1.82) is 0 Å². The molecule has 0 aromatic heterocycles. The summed E-state index contributed by atoms with van der Waals surface area (Å²) in [6.45, 7) is 2.25. The summed E-state index contributed by atoms with van der Waals surface area (Å²) in [7, 11) is 0. The average Bonchev–Trinajstić information content (AvgIpc) is 2.48. The van der Waals surface area contributed by atoms with Gasteiger partial charge in [-0.05, 0) is 55.0 Å². The summed E-state index contributed by atoms with van der Waals surface area (Å²) in [5, 5.41) is 3.78. The van der Waals surface area contributed by atoms with Gasteiger partial charge in [0.2, 0.25) is 0 Å². The molecule has 0 radical (unpaired) electrons. The van der Waals surface area contributed by atoms with Gasteiger partial charge in [0.25, 0.3) is 0 Å². The van der Waals surface area contributed by atoms with Crippen LogP contribution >= 0.6 is 15.9 Å². The summed E-state index contributed by atoms with van der Waals surface area (Å²) in [6.07, 6.45) is 3.58. The molecule has 3 rings (SSSR count). The molecule has 2 atom stereocenters. The van der Waals surface area contributed by atoms with Gasteiger partial charge in [-0.3, -0.25) is 0 Å². The Kier molecular flexibility index (Phi) is 4.23. The Morgan fingerprint density at radius 2 is 1.75 bits per heavy atom. The quantitative estimate of drug-likeness (QED) is 0.863. The third-order valence-corrected chi connectivity index (χ3v) is 4.73. The molecular weight excluding hydrogens is 310 g/mol. The van der Waals surface area contributed by atoms with E-state index in [0.29, 0.717) is 12.1 Å². The van der Waals surface area contributed by atoms with Gasteiger partial charge in [-0.2, -0.15) is 0 Å². The van der Waals surface area contributed by atoms with E-state index in [0.717, 1.165) is 10.9 Å². The molecule has 2 aromatic rings. The van der Waals surface area contributed by atoms with Gasteiger partial charge in [-0.25, -0.2) is 0 Å². The Bertz CT molecular complexity index is 576. The molecule has 0 fully saturated rings. The van der Waals surface area contributed by atoms with Gasteiger partial charge in [-0.15, -0.1) is 0 Å². The van der Waals surface area contributed by atoms with Crippen molar-refractivity contribution in [1.82, 2.24) is 5.32 Å². The highest BCUT2D eigenvalue weighted by molar-refractivity contribution is 9.10. The molecule has 0 amide bonds. The van der Waals surface area contributed by atoms with Crippen molar-refractivity contribution in [2.24, 2.45) is 0 Å². The first-order valence-corrected chi connectivity index (χ1v) is 8.10. The second kappa shape index (κ2) is 6.11. The highest BCUT2D eigenvalue weighted by Crippen LogP contribution is 2.24. The highest BCUT2D eigenvalue weighted by Gasteiger charge is 2.19. The molecule has 0 saturated carbocycles. The van der Waals surface area contributed by atoms with Crippen molar-refractivity contribution < 1.29 is 0 Å². The standard InChI is InChI=1S/C18H20BrN/c1-13(14-6-9-17(19)10-7-14)20-18-11-8-15-4-2-3-5-16(15)12-18/h2-7,9-10,13,18,20H,8,11-12H2,1H3. The molecule has 2 unspecified atom stereocenters. The molecule has 1 aliphatic carbocycles. The Morgan fingerprint density at radius 3 is 2.50 bits per heavy atom. The van der Waals surface area contributed by atoms with E-state index in [9.17, 15) is 0 Å². The monoisotopic (exact) mass is 329 g/mol. The van der Waals surface area contributed by atoms with E-state index in [-0.39, 0.29) is 0 Å². The third-order valence-electron chi connectivity index (χ3n) is 4.20. The minimum absolute atomic E-state index is 0.401. The topological polar surface area (TPSA) is 12.0 Å². The highest BCUT2D eigenvalue weighted by atomic mass is 79.9. The molecule has 104 valence electrons. The number of aryl methyl sites for hydroxylation is 1. The lowest BCUT2D eigenvalue weighted by atomic mass is 9.88. The molecule has 0 bridgehead atoms.